The third-order valence-corrected chi connectivity index (χ3v) is 4.51. The number of nitrogens with one attached hydrogen (secondary N) is 1. The maximum absolute atomic E-state index is 12.7. The Morgan fingerprint density at radius 3 is 2.52 bits per heavy atom. The molecule has 0 fully saturated rings. The molecule has 2 aromatic carbocycles. The van der Waals surface area contributed by atoms with Crippen molar-refractivity contribution in [3.05, 3.63) is 59.4 Å². The molecule has 0 aliphatic rings. The van der Waals surface area contributed by atoms with E-state index in [1.807, 2.05) is 60.9 Å². The molecule has 0 unspecified atom stereocenters. The van der Waals surface area contributed by atoms with Crippen LogP contribution in [0.25, 0.3) is 11.0 Å². The number of rotatable bonds is 3. The molecule has 0 aliphatic heterocycles. The Hall–Kier alpha value is -2.62. The summed E-state index contributed by atoms with van der Waals surface area (Å²) in [6.07, 6.45) is 0. The first-order chi connectivity index (χ1) is 11.8. The lowest BCUT2D eigenvalue weighted by molar-refractivity contribution is -0.116. The van der Waals surface area contributed by atoms with Crippen LogP contribution in [-0.2, 0) is 16.8 Å². The Bertz CT molecular complexity index is 932. The smallest absolute Gasteiger partial charge is 0.244 e. The summed E-state index contributed by atoms with van der Waals surface area (Å²) >= 11 is 0. The van der Waals surface area contributed by atoms with Crippen molar-refractivity contribution in [3.8, 4) is 0 Å². The molecule has 0 saturated heterocycles. The molecule has 0 radical (unpaired) electrons. The zero-order chi connectivity index (χ0) is 18.2. The molecule has 25 heavy (non-hydrogen) atoms. The number of anilines is 1. The van der Waals surface area contributed by atoms with Crippen LogP contribution < -0.4 is 5.32 Å². The van der Waals surface area contributed by atoms with E-state index in [9.17, 15) is 4.79 Å². The number of carbonyl (C=O) groups is 1. The molecule has 1 heterocycles. The van der Waals surface area contributed by atoms with Crippen molar-refractivity contribution in [2.45, 2.75) is 46.6 Å². The van der Waals surface area contributed by atoms with Gasteiger partial charge in [0.25, 0.3) is 0 Å². The highest BCUT2D eigenvalue weighted by molar-refractivity contribution is 5.92. The van der Waals surface area contributed by atoms with E-state index < -0.39 is 0 Å². The number of nitrogens with zero attached hydrogens (tertiary/aromatic N) is 2. The summed E-state index contributed by atoms with van der Waals surface area (Å²) in [4.78, 5) is 17.5. The average Bonchev–Trinajstić information content (AvgIpc) is 2.91. The fraction of sp³-hybridized carbons (Fsp3) is 0.333. The van der Waals surface area contributed by atoms with E-state index >= 15 is 0 Å². The van der Waals surface area contributed by atoms with Gasteiger partial charge in [-0.3, -0.25) is 4.79 Å². The van der Waals surface area contributed by atoms with Gasteiger partial charge in [0.2, 0.25) is 5.91 Å². The number of aromatic nitrogens is 2. The van der Waals surface area contributed by atoms with Crippen molar-refractivity contribution in [1.29, 1.82) is 0 Å². The van der Waals surface area contributed by atoms with E-state index in [0.717, 1.165) is 28.1 Å². The summed E-state index contributed by atoms with van der Waals surface area (Å²) in [6.45, 7) is 10.7. The van der Waals surface area contributed by atoms with Gasteiger partial charge in [0.1, 0.15) is 12.4 Å². The Balaban J connectivity index is 1.94. The van der Waals surface area contributed by atoms with Crippen molar-refractivity contribution in [1.82, 2.24) is 9.55 Å². The second kappa shape index (κ2) is 6.36. The molecule has 0 bridgehead atoms. The molecule has 3 aromatic rings. The molecule has 1 amide bonds. The van der Waals surface area contributed by atoms with Gasteiger partial charge in [-0.2, -0.15) is 0 Å². The molecule has 4 heteroatoms. The lowest BCUT2D eigenvalue weighted by Crippen LogP contribution is -2.25. The highest BCUT2D eigenvalue weighted by Gasteiger charge is 2.24. The van der Waals surface area contributed by atoms with Gasteiger partial charge in [-0.05, 0) is 43.2 Å². The van der Waals surface area contributed by atoms with Crippen molar-refractivity contribution in [3.63, 3.8) is 0 Å². The fourth-order valence-electron chi connectivity index (χ4n) is 3.03. The van der Waals surface area contributed by atoms with Gasteiger partial charge < -0.3 is 9.88 Å². The minimum Gasteiger partial charge on any atom is -0.324 e. The summed E-state index contributed by atoms with van der Waals surface area (Å²) < 4.78 is 2.02. The Morgan fingerprint density at radius 2 is 1.80 bits per heavy atom. The maximum Gasteiger partial charge on any atom is 0.244 e. The number of fused-ring (bicyclic) bond motifs is 1. The van der Waals surface area contributed by atoms with E-state index in [2.05, 4.69) is 26.1 Å². The molecule has 0 aliphatic carbocycles. The maximum atomic E-state index is 12.7. The third-order valence-electron chi connectivity index (χ3n) is 4.51. The van der Waals surface area contributed by atoms with Crippen LogP contribution >= 0.6 is 0 Å². The van der Waals surface area contributed by atoms with Crippen LogP contribution in [-0.4, -0.2) is 15.5 Å². The standard InChI is InChI=1S/C21H25N3O/c1-14-9-8-11-16(15(14)2)22-19(25)13-24-18-12-7-6-10-17(18)23-20(24)21(3,4)5/h6-12H,13H2,1-5H3,(H,22,25). The molecule has 0 saturated carbocycles. The average molecular weight is 335 g/mol. The zero-order valence-corrected chi connectivity index (χ0v) is 15.6. The van der Waals surface area contributed by atoms with Crippen LogP contribution in [0.15, 0.2) is 42.5 Å². The fourth-order valence-corrected chi connectivity index (χ4v) is 3.03. The van der Waals surface area contributed by atoms with Gasteiger partial charge in [-0.1, -0.05) is 45.0 Å². The van der Waals surface area contributed by atoms with E-state index in [0.29, 0.717) is 0 Å². The predicted octanol–water partition coefficient (Wildman–Crippen LogP) is 4.59. The number of benzene rings is 2. The second-order valence-corrected chi connectivity index (χ2v) is 7.56. The number of para-hydroxylation sites is 2. The zero-order valence-electron chi connectivity index (χ0n) is 15.6. The first kappa shape index (κ1) is 17.2. The molecule has 4 nitrogen and oxygen atoms in total. The van der Waals surface area contributed by atoms with E-state index in [4.69, 9.17) is 4.98 Å². The third kappa shape index (κ3) is 3.43. The molecular weight excluding hydrogens is 310 g/mol. The Labute approximate surface area is 148 Å². The van der Waals surface area contributed by atoms with E-state index in [-0.39, 0.29) is 17.9 Å². The monoisotopic (exact) mass is 335 g/mol. The van der Waals surface area contributed by atoms with Gasteiger partial charge in [0.15, 0.2) is 0 Å². The molecular formula is C21H25N3O. The highest BCUT2D eigenvalue weighted by atomic mass is 16.1. The molecule has 1 N–H and O–H groups in total. The van der Waals surface area contributed by atoms with Crippen LogP contribution in [0.5, 0.6) is 0 Å². The van der Waals surface area contributed by atoms with Gasteiger partial charge in [0.05, 0.1) is 11.0 Å². The minimum absolute atomic E-state index is 0.0395. The second-order valence-electron chi connectivity index (χ2n) is 7.56. The number of hydrogen-bond donors (Lipinski definition) is 1. The van der Waals surface area contributed by atoms with Crippen molar-refractivity contribution < 1.29 is 4.79 Å². The predicted molar refractivity (Wildman–Crippen MR) is 103 cm³/mol. The summed E-state index contributed by atoms with van der Waals surface area (Å²) in [5, 5.41) is 3.05. The molecule has 1 aromatic heterocycles. The highest BCUT2D eigenvalue weighted by Crippen LogP contribution is 2.26. The van der Waals surface area contributed by atoms with Gasteiger partial charge in [0, 0.05) is 11.1 Å². The molecule has 130 valence electrons. The van der Waals surface area contributed by atoms with Crippen LogP contribution in [0.3, 0.4) is 0 Å². The molecule has 3 rings (SSSR count). The Morgan fingerprint density at radius 1 is 1.08 bits per heavy atom. The van der Waals surface area contributed by atoms with Crippen molar-refractivity contribution >= 4 is 22.6 Å². The molecule has 0 spiro atoms. The van der Waals surface area contributed by atoms with Crippen LogP contribution in [0.4, 0.5) is 5.69 Å². The van der Waals surface area contributed by atoms with E-state index in [1.54, 1.807) is 0 Å². The lowest BCUT2D eigenvalue weighted by atomic mass is 9.95. The van der Waals surface area contributed by atoms with Gasteiger partial charge in [-0.25, -0.2) is 4.98 Å². The minimum atomic E-state index is -0.140. The van der Waals surface area contributed by atoms with Crippen LogP contribution in [0.2, 0.25) is 0 Å². The van der Waals surface area contributed by atoms with Crippen LogP contribution in [0.1, 0.15) is 37.7 Å². The topological polar surface area (TPSA) is 46.9 Å². The largest absolute Gasteiger partial charge is 0.324 e. The van der Waals surface area contributed by atoms with Crippen molar-refractivity contribution in [2.75, 3.05) is 5.32 Å². The number of carbonyl (C=O) groups excluding carboxylic acids is 1. The van der Waals surface area contributed by atoms with Crippen molar-refractivity contribution in [2.24, 2.45) is 0 Å². The normalized spacial score (nSPS) is 11.7. The van der Waals surface area contributed by atoms with Crippen LogP contribution in [0, 0.1) is 13.8 Å². The number of hydrogen-bond acceptors (Lipinski definition) is 2. The summed E-state index contributed by atoms with van der Waals surface area (Å²) in [5.74, 6) is 0.882. The molecule has 0 atom stereocenters. The SMILES string of the molecule is Cc1cccc(NC(=O)Cn2c(C(C)(C)C)nc3ccccc32)c1C. The van der Waals surface area contributed by atoms with E-state index in [1.165, 1.54) is 5.56 Å². The summed E-state index contributed by atoms with van der Waals surface area (Å²) in [6, 6.07) is 13.9. The summed E-state index contributed by atoms with van der Waals surface area (Å²) in [7, 11) is 0. The van der Waals surface area contributed by atoms with Gasteiger partial charge in [-0.15, -0.1) is 0 Å². The summed E-state index contributed by atoms with van der Waals surface area (Å²) in [5.41, 5.74) is 4.91. The van der Waals surface area contributed by atoms with Gasteiger partial charge >= 0.3 is 0 Å². The number of aryl methyl sites for hydroxylation is 1. The first-order valence-corrected chi connectivity index (χ1v) is 8.59. The lowest BCUT2D eigenvalue weighted by Gasteiger charge is -2.20. The number of amides is 1. The number of imidazole rings is 1. The first-order valence-electron chi connectivity index (χ1n) is 8.59. The Kier molecular flexibility index (Phi) is 4.38. The quantitative estimate of drug-likeness (QED) is 0.761.